The van der Waals surface area contributed by atoms with E-state index < -0.39 is 0 Å². The minimum absolute atomic E-state index is 0.103. The summed E-state index contributed by atoms with van der Waals surface area (Å²) in [4.78, 5) is 28.5. The van der Waals surface area contributed by atoms with E-state index in [2.05, 4.69) is 22.3 Å². The van der Waals surface area contributed by atoms with Gasteiger partial charge in [-0.25, -0.2) is 0 Å². The van der Waals surface area contributed by atoms with Crippen LogP contribution in [0, 0.1) is 0 Å². The topological polar surface area (TPSA) is 61.9 Å². The molecule has 28 heavy (non-hydrogen) atoms. The fourth-order valence-electron chi connectivity index (χ4n) is 3.21. The van der Waals surface area contributed by atoms with Crippen molar-refractivity contribution in [2.75, 3.05) is 39.3 Å². The Kier molecular flexibility index (Phi) is 7.45. The number of carbonyl (C=O) groups excluding carboxylic acids is 2. The summed E-state index contributed by atoms with van der Waals surface area (Å²) in [5, 5.41) is 6.48. The highest BCUT2D eigenvalue weighted by Gasteiger charge is 2.21. The first kappa shape index (κ1) is 20.4. The lowest BCUT2D eigenvalue weighted by Crippen LogP contribution is -2.48. The standard InChI is InChI=1S/C21H27N3O3S/c1-2-27-19-5-3-17(4-6-19)15-23-10-12-24(13-11-23)20(25)7-9-22-21(26)18-8-14-28-16-18/h3-6,8,14,16H,2,7,9-13,15H2,1H3,(H,22,26). The Labute approximate surface area is 170 Å². The predicted octanol–water partition coefficient (Wildman–Crippen LogP) is 2.61. The highest BCUT2D eigenvalue weighted by atomic mass is 32.1. The first-order valence-electron chi connectivity index (χ1n) is 9.68. The number of carbonyl (C=O) groups is 2. The Morgan fingerprint density at radius 3 is 2.50 bits per heavy atom. The second kappa shape index (κ2) is 10.2. The number of nitrogens with one attached hydrogen (secondary N) is 1. The van der Waals surface area contributed by atoms with Gasteiger partial charge in [-0.05, 0) is 36.1 Å². The number of amides is 2. The quantitative estimate of drug-likeness (QED) is 0.739. The second-order valence-electron chi connectivity index (χ2n) is 6.75. The maximum atomic E-state index is 12.4. The molecule has 1 aliphatic heterocycles. The van der Waals surface area contributed by atoms with Crippen LogP contribution in [0.1, 0.15) is 29.3 Å². The molecule has 7 heteroatoms. The molecule has 1 aromatic heterocycles. The Hall–Kier alpha value is -2.38. The number of hydrogen-bond acceptors (Lipinski definition) is 5. The molecule has 3 rings (SSSR count). The van der Waals surface area contributed by atoms with E-state index in [1.165, 1.54) is 16.9 Å². The molecule has 0 atom stereocenters. The Morgan fingerprint density at radius 2 is 1.86 bits per heavy atom. The number of hydrogen-bond donors (Lipinski definition) is 1. The summed E-state index contributed by atoms with van der Waals surface area (Å²) in [6.07, 6.45) is 0.342. The summed E-state index contributed by atoms with van der Waals surface area (Å²) >= 11 is 1.49. The first-order chi connectivity index (χ1) is 13.7. The van der Waals surface area contributed by atoms with E-state index in [9.17, 15) is 9.59 Å². The molecule has 1 aliphatic rings. The minimum Gasteiger partial charge on any atom is -0.494 e. The number of rotatable bonds is 8. The van der Waals surface area contributed by atoms with E-state index in [1.54, 1.807) is 11.4 Å². The van der Waals surface area contributed by atoms with Gasteiger partial charge < -0.3 is 15.0 Å². The third kappa shape index (κ3) is 5.81. The van der Waals surface area contributed by atoms with E-state index in [-0.39, 0.29) is 11.8 Å². The number of thiophene rings is 1. The van der Waals surface area contributed by atoms with Gasteiger partial charge in [0.2, 0.25) is 5.91 Å². The molecule has 0 saturated carbocycles. The lowest BCUT2D eigenvalue weighted by Gasteiger charge is -2.34. The van der Waals surface area contributed by atoms with Crippen LogP contribution in [0.5, 0.6) is 5.75 Å². The third-order valence-electron chi connectivity index (χ3n) is 4.77. The van der Waals surface area contributed by atoms with E-state index in [0.717, 1.165) is 38.5 Å². The Balaban J connectivity index is 1.36. The summed E-state index contributed by atoms with van der Waals surface area (Å²) in [7, 11) is 0. The van der Waals surface area contributed by atoms with Crippen molar-refractivity contribution in [3.8, 4) is 5.75 Å². The average Bonchev–Trinajstić information content (AvgIpc) is 3.25. The van der Waals surface area contributed by atoms with Crippen molar-refractivity contribution in [1.29, 1.82) is 0 Å². The second-order valence-corrected chi connectivity index (χ2v) is 7.53. The van der Waals surface area contributed by atoms with Crippen LogP contribution >= 0.6 is 11.3 Å². The van der Waals surface area contributed by atoms with Crippen LogP contribution in [-0.4, -0.2) is 60.9 Å². The number of ether oxygens (including phenoxy) is 1. The minimum atomic E-state index is -0.116. The van der Waals surface area contributed by atoms with Gasteiger partial charge in [0.15, 0.2) is 0 Å². The van der Waals surface area contributed by atoms with Crippen molar-refractivity contribution >= 4 is 23.2 Å². The molecule has 2 amide bonds. The molecule has 0 bridgehead atoms. The monoisotopic (exact) mass is 401 g/mol. The van der Waals surface area contributed by atoms with Crippen LogP contribution in [-0.2, 0) is 11.3 Å². The van der Waals surface area contributed by atoms with Gasteiger partial charge in [0.05, 0.1) is 6.61 Å². The molecule has 2 heterocycles. The van der Waals surface area contributed by atoms with Crippen LogP contribution in [0.2, 0.25) is 0 Å². The van der Waals surface area contributed by atoms with Gasteiger partial charge in [0, 0.05) is 56.6 Å². The zero-order valence-electron chi connectivity index (χ0n) is 16.2. The van der Waals surface area contributed by atoms with Gasteiger partial charge in [-0.2, -0.15) is 11.3 Å². The molecular formula is C21H27N3O3S. The lowest BCUT2D eigenvalue weighted by molar-refractivity contribution is -0.132. The van der Waals surface area contributed by atoms with Crippen molar-refractivity contribution in [3.05, 3.63) is 52.2 Å². The van der Waals surface area contributed by atoms with Crippen molar-refractivity contribution in [1.82, 2.24) is 15.1 Å². The van der Waals surface area contributed by atoms with Gasteiger partial charge in [-0.3, -0.25) is 14.5 Å². The fourth-order valence-corrected chi connectivity index (χ4v) is 3.84. The number of piperazine rings is 1. The molecule has 1 fully saturated rings. The molecule has 1 aromatic carbocycles. The van der Waals surface area contributed by atoms with E-state index in [1.807, 2.05) is 29.3 Å². The highest BCUT2D eigenvalue weighted by molar-refractivity contribution is 7.08. The fraction of sp³-hybridized carbons (Fsp3) is 0.429. The van der Waals surface area contributed by atoms with Gasteiger partial charge >= 0.3 is 0 Å². The summed E-state index contributed by atoms with van der Waals surface area (Å²) in [6.45, 7) is 7.09. The summed E-state index contributed by atoms with van der Waals surface area (Å²) < 4.78 is 5.48. The van der Waals surface area contributed by atoms with Crippen molar-refractivity contribution in [2.24, 2.45) is 0 Å². The summed E-state index contributed by atoms with van der Waals surface area (Å²) in [5.41, 5.74) is 1.90. The molecule has 0 radical (unpaired) electrons. The zero-order valence-corrected chi connectivity index (χ0v) is 17.0. The van der Waals surface area contributed by atoms with E-state index >= 15 is 0 Å². The number of benzene rings is 1. The van der Waals surface area contributed by atoms with E-state index in [4.69, 9.17) is 4.74 Å². The van der Waals surface area contributed by atoms with Crippen LogP contribution in [0.3, 0.4) is 0 Å². The molecule has 6 nitrogen and oxygen atoms in total. The average molecular weight is 402 g/mol. The van der Waals surface area contributed by atoms with Gasteiger partial charge in [-0.1, -0.05) is 12.1 Å². The molecule has 0 spiro atoms. The van der Waals surface area contributed by atoms with Crippen LogP contribution in [0.15, 0.2) is 41.1 Å². The van der Waals surface area contributed by atoms with Crippen molar-refractivity contribution < 1.29 is 14.3 Å². The molecule has 1 saturated heterocycles. The third-order valence-corrected chi connectivity index (χ3v) is 5.46. The van der Waals surface area contributed by atoms with Crippen molar-refractivity contribution in [2.45, 2.75) is 19.9 Å². The van der Waals surface area contributed by atoms with Crippen LogP contribution in [0.25, 0.3) is 0 Å². The SMILES string of the molecule is CCOc1ccc(CN2CCN(C(=O)CCNC(=O)c3ccsc3)CC2)cc1. The van der Waals surface area contributed by atoms with Gasteiger partial charge in [0.1, 0.15) is 5.75 Å². The largest absolute Gasteiger partial charge is 0.494 e. The van der Waals surface area contributed by atoms with Crippen molar-refractivity contribution in [3.63, 3.8) is 0 Å². The molecular weight excluding hydrogens is 374 g/mol. The number of nitrogens with zero attached hydrogens (tertiary/aromatic N) is 2. The van der Waals surface area contributed by atoms with E-state index in [0.29, 0.717) is 25.1 Å². The molecule has 150 valence electrons. The Morgan fingerprint density at radius 1 is 1.11 bits per heavy atom. The molecule has 2 aromatic rings. The smallest absolute Gasteiger partial charge is 0.252 e. The summed E-state index contributed by atoms with van der Waals surface area (Å²) in [5.74, 6) is 0.883. The highest BCUT2D eigenvalue weighted by Crippen LogP contribution is 2.15. The lowest BCUT2D eigenvalue weighted by atomic mass is 10.2. The maximum absolute atomic E-state index is 12.4. The normalized spacial score (nSPS) is 14.7. The van der Waals surface area contributed by atoms with Crippen LogP contribution < -0.4 is 10.1 Å². The van der Waals surface area contributed by atoms with Crippen LogP contribution in [0.4, 0.5) is 0 Å². The molecule has 0 unspecified atom stereocenters. The molecule has 0 aliphatic carbocycles. The summed E-state index contributed by atoms with van der Waals surface area (Å²) in [6, 6.07) is 9.98. The Bertz CT molecular complexity index is 754. The predicted molar refractivity (Wildman–Crippen MR) is 111 cm³/mol. The van der Waals surface area contributed by atoms with Gasteiger partial charge in [-0.15, -0.1) is 0 Å². The van der Waals surface area contributed by atoms with Gasteiger partial charge in [0.25, 0.3) is 5.91 Å². The maximum Gasteiger partial charge on any atom is 0.252 e. The molecule has 1 N–H and O–H groups in total. The zero-order chi connectivity index (χ0) is 19.8. The first-order valence-corrected chi connectivity index (χ1v) is 10.6.